The second-order valence-electron chi connectivity index (χ2n) is 6.08. The predicted octanol–water partition coefficient (Wildman–Crippen LogP) is 3.17. The van der Waals surface area contributed by atoms with Gasteiger partial charge in [0.1, 0.15) is 17.3 Å². The lowest BCUT2D eigenvalue weighted by Gasteiger charge is -2.29. The molecule has 3 heterocycles. The molecule has 1 aliphatic heterocycles. The zero-order valence-corrected chi connectivity index (χ0v) is 13.8. The number of nitrogens with zero attached hydrogens (tertiary/aromatic N) is 2. The van der Waals surface area contributed by atoms with E-state index in [1.807, 2.05) is 18.2 Å². The molecule has 0 saturated carbocycles. The van der Waals surface area contributed by atoms with Crippen LogP contribution in [0.25, 0.3) is 0 Å². The fourth-order valence-electron chi connectivity index (χ4n) is 3.09. The molecule has 4 rings (SSSR count). The summed E-state index contributed by atoms with van der Waals surface area (Å²) in [6, 6.07) is 17.7. The molecule has 2 aromatic heterocycles. The summed E-state index contributed by atoms with van der Waals surface area (Å²) < 4.78 is 5.23. The lowest BCUT2D eigenvalue weighted by Crippen LogP contribution is -2.31. The molecule has 0 aliphatic carbocycles. The first-order valence-corrected chi connectivity index (χ1v) is 8.39. The molecule has 0 radical (unpaired) electrons. The minimum atomic E-state index is -0.198. The van der Waals surface area contributed by atoms with Gasteiger partial charge in [0.05, 0.1) is 12.8 Å². The minimum absolute atomic E-state index is 0.198. The third-order valence-corrected chi connectivity index (χ3v) is 4.42. The number of nitrogens with one attached hydrogen (secondary N) is 1. The first kappa shape index (κ1) is 15.4. The molecule has 0 fully saturated rings. The van der Waals surface area contributed by atoms with Gasteiger partial charge in [-0.1, -0.05) is 30.3 Å². The molecule has 5 heteroatoms. The molecule has 126 valence electrons. The molecule has 0 saturated heterocycles. The molecule has 0 unspecified atom stereocenters. The standard InChI is InChI=1S/C20H19N3O2/c24-20(21-13-17-7-4-12-25-17)18-8-3-9-19(22-18)23-11-10-15-5-1-2-6-16(15)14-23/h1-9,12H,10-11,13-14H2,(H,21,24). The van der Waals surface area contributed by atoms with Crippen molar-refractivity contribution in [3.63, 3.8) is 0 Å². The monoisotopic (exact) mass is 333 g/mol. The molecule has 1 aromatic carbocycles. The fraction of sp³-hybridized carbons (Fsp3) is 0.200. The number of benzene rings is 1. The van der Waals surface area contributed by atoms with Gasteiger partial charge in [0.25, 0.3) is 5.91 Å². The van der Waals surface area contributed by atoms with Crippen molar-refractivity contribution in [1.29, 1.82) is 0 Å². The first-order chi connectivity index (χ1) is 12.3. The number of amides is 1. The maximum atomic E-state index is 12.3. The first-order valence-electron chi connectivity index (χ1n) is 8.39. The number of carbonyl (C=O) groups excluding carboxylic acids is 1. The number of pyridine rings is 1. The summed E-state index contributed by atoms with van der Waals surface area (Å²) >= 11 is 0. The number of rotatable bonds is 4. The lowest BCUT2D eigenvalue weighted by molar-refractivity contribution is 0.0943. The average molecular weight is 333 g/mol. The van der Waals surface area contributed by atoms with Crippen molar-refractivity contribution >= 4 is 11.7 Å². The summed E-state index contributed by atoms with van der Waals surface area (Å²) in [5, 5.41) is 2.83. The quantitative estimate of drug-likeness (QED) is 0.797. The van der Waals surface area contributed by atoms with Crippen molar-refractivity contribution in [2.24, 2.45) is 0 Å². The van der Waals surface area contributed by atoms with Crippen LogP contribution in [0.15, 0.2) is 65.3 Å². The van der Waals surface area contributed by atoms with Crippen LogP contribution in [-0.4, -0.2) is 17.4 Å². The van der Waals surface area contributed by atoms with E-state index >= 15 is 0 Å². The Morgan fingerprint density at radius 1 is 1.08 bits per heavy atom. The van der Waals surface area contributed by atoms with Crippen molar-refractivity contribution in [1.82, 2.24) is 10.3 Å². The Morgan fingerprint density at radius 2 is 1.96 bits per heavy atom. The van der Waals surface area contributed by atoms with E-state index in [0.717, 1.165) is 31.1 Å². The third kappa shape index (κ3) is 3.40. The number of hydrogen-bond acceptors (Lipinski definition) is 4. The van der Waals surface area contributed by atoms with Gasteiger partial charge in [0.15, 0.2) is 0 Å². The Kier molecular flexibility index (Phi) is 4.21. The van der Waals surface area contributed by atoms with Crippen LogP contribution in [0.5, 0.6) is 0 Å². The van der Waals surface area contributed by atoms with Gasteiger partial charge < -0.3 is 14.6 Å². The number of anilines is 1. The van der Waals surface area contributed by atoms with Crippen molar-refractivity contribution in [3.05, 3.63) is 83.4 Å². The number of hydrogen-bond donors (Lipinski definition) is 1. The van der Waals surface area contributed by atoms with Crippen LogP contribution in [0.4, 0.5) is 5.82 Å². The maximum absolute atomic E-state index is 12.3. The summed E-state index contributed by atoms with van der Waals surface area (Å²) in [6.45, 7) is 2.08. The summed E-state index contributed by atoms with van der Waals surface area (Å²) in [5.41, 5.74) is 3.14. The van der Waals surface area contributed by atoms with E-state index < -0.39 is 0 Å². The van der Waals surface area contributed by atoms with Gasteiger partial charge in [0.2, 0.25) is 0 Å². The summed E-state index contributed by atoms with van der Waals surface area (Å²) in [6.07, 6.45) is 2.58. The van der Waals surface area contributed by atoms with Gasteiger partial charge in [-0.2, -0.15) is 0 Å². The number of fused-ring (bicyclic) bond motifs is 1. The second-order valence-corrected chi connectivity index (χ2v) is 6.08. The molecule has 25 heavy (non-hydrogen) atoms. The van der Waals surface area contributed by atoms with Crippen LogP contribution < -0.4 is 10.2 Å². The zero-order valence-electron chi connectivity index (χ0n) is 13.8. The summed E-state index contributed by atoms with van der Waals surface area (Å²) in [4.78, 5) is 19.1. The molecule has 3 aromatic rings. The Hall–Kier alpha value is -3.08. The summed E-state index contributed by atoms with van der Waals surface area (Å²) in [5.74, 6) is 1.35. The highest BCUT2D eigenvalue weighted by Gasteiger charge is 2.18. The molecule has 0 bridgehead atoms. The van der Waals surface area contributed by atoms with Gasteiger partial charge >= 0.3 is 0 Å². The molecular weight excluding hydrogens is 314 g/mol. The highest BCUT2D eigenvalue weighted by molar-refractivity contribution is 5.92. The molecular formula is C20H19N3O2. The van der Waals surface area contributed by atoms with Gasteiger partial charge in [-0.05, 0) is 41.8 Å². The van der Waals surface area contributed by atoms with Crippen molar-refractivity contribution in [2.75, 3.05) is 11.4 Å². The van der Waals surface area contributed by atoms with E-state index in [-0.39, 0.29) is 5.91 Å². The van der Waals surface area contributed by atoms with E-state index in [1.165, 1.54) is 11.1 Å². The van der Waals surface area contributed by atoms with E-state index in [9.17, 15) is 4.79 Å². The highest BCUT2D eigenvalue weighted by atomic mass is 16.3. The maximum Gasteiger partial charge on any atom is 0.270 e. The Bertz CT molecular complexity index is 874. The van der Waals surface area contributed by atoms with Crippen molar-refractivity contribution in [3.8, 4) is 0 Å². The van der Waals surface area contributed by atoms with Gasteiger partial charge in [-0.25, -0.2) is 4.98 Å². The number of aromatic nitrogens is 1. The zero-order chi connectivity index (χ0) is 17.1. The van der Waals surface area contributed by atoms with E-state index in [2.05, 4.69) is 39.5 Å². The van der Waals surface area contributed by atoms with Crippen LogP contribution >= 0.6 is 0 Å². The highest BCUT2D eigenvalue weighted by Crippen LogP contribution is 2.23. The van der Waals surface area contributed by atoms with Crippen LogP contribution in [0.1, 0.15) is 27.4 Å². The minimum Gasteiger partial charge on any atom is -0.467 e. The van der Waals surface area contributed by atoms with Crippen LogP contribution in [0, 0.1) is 0 Å². The number of carbonyl (C=O) groups is 1. The van der Waals surface area contributed by atoms with E-state index in [0.29, 0.717) is 12.2 Å². The Labute approximate surface area is 146 Å². The normalized spacial score (nSPS) is 13.4. The van der Waals surface area contributed by atoms with Crippen LogP contribution in [0.2, 0.25) is 0 Å². The van der Waals surface area contributed by atoms with Crippen molar-refractivity contribution in [2.45, 2.75) is 19.5 Å². The molecule has 0 spiro atoms. The Morgan fingerprint density at radius 3 is 2.80 bits per heavy atom. The van der Waals surface area contributed by atoms with Gasteiger partial charge in [0, 0.05) is 13.1 Å². The smallest absolute Gasteiger partial charge is 0.270 e. The number of furan rings is 1. The summed E-state index contributed by atoms with van der Waals surface area (Å²) in [7, 11) is 0. The lowest BCUT2D eigenvalue weighted by atomic mass is 10.00. The van der Waals surface area contributed by atoms with Gasteiger partial charge in [-0.15, -0.1) is 0 Å². The molecule has 1 aliphatic rings. The predicted molar refractivity (Wildman–Crippen MR) is 95.3 cm³/mol. The molecule has 0 atom stereocenters. The largest absolute Gasteiger partial charge is 0.467 e. The molecule has 5 nitrogen and oxygen atoms in total. The van der Waals surface area contributed by atoms with Gasteiger partial charge in [-0.3, -0.25) is 4.79 Å². The van der Waals surface area contributed by atoms with Crippen LogP contribution in [-0.2, 0) is 19.5 Å². The van der Waals surface area contributed by atoms with Crippen LogP contribution in [0.3, 0.4) is 0 Å². The second kappa shape index (κ2) is 6.81. The van der Waals surface area contributed by atoms with E-state index in [4.69, 9.17) is 4.42 Å². The topological polar surface area (TPSA) is 58.4 Å². The van der Waals surface area contributed by atoms with E-state index in [1.54, 1.807) is 18.4 Å². The van der Waals surface area contributed by atoms with Crippen molar-refractivity contribution < 1.29 is 9.21 Å². The SMILES string of the molecule is O=C(NCc1ccco1)c1cccc(N2CCc3ccccc3C2)n1. The Balaban J connectivity index is 1.47. The average Bonchev–Trinajstić information content (AvgIpc) is 3.19. The third-order valence-electron chi connectivity index (χ3n) is 4.42. The molecule has 1 amide bonds. The molecule has 1 N–H and O–H groups in total. The fourth-order valence-corrected chi connectivity index (χ4v) is 3.09.